The average molecular weight is 579 g/mol. The maximum atomic E-state index is 6.59. The van der Waals surface area contributed by atoms with Gasteiger partial charge in [-0.1, -0.05) is 42.5 Å². The summed E-state index contributed by atoms with van der Waals surface area (Å²) >= 11 is 0. The number of anilines is 2. The highest BCUT2D eigenvalue weighted by Gasteiger charge is 2.45. The predicted octanol–water partition coefficient (Wildman–Crippen LogP) is 5.20. The first kappa shape index (κ1) is 26.9. The summed E-state index contributed by atoms with van der Waals surface area (Å²) in [7, 11) is 0. The zero-order chi connectivity index (χ0) is 28.8. The maximum Gasteiger partial charge on any atom is 0.318 e. The van der Waals surface area contributed by atoms with Crippen molar-refractivity contribution >= 4 is 22.3 Å². The molecule has 0 spiro atoms. The summed E-state index contributed by atoms with van der Waals surface area (Å²) in [6.07, 6.45) is 12.7. The summed E-state index contributed by atoms with van der Waals surface area (Å²) in [5.74, 6) is 1.08. The van der Waals surface area contributed by atoms with Gasteiger partial charge in [0.1, 0.15) is 12.4 Å². The van der Waals surface area contributed by atoms with Crippen LogP contribution in [0.1, 0.15) is 68.3 Å². The zero-order valence-corrected chi connectivity index (χ0v) is 25.3. The molecule has 9 heteroatoms. The fourth-order valence-electron chi connectivity index (χ4n) is 8.29. The van der Waals surface area contributed by atoms with Gasteiger partial charge in [0, 0.05) is 42.5 Å². The summed E-state index contributed by atoms with van der Waals surface area (Å²) in [5, 5.41) is 11.0. The number of aromatic nitrogens is 5. The second-order valence-electron chi connectivity index (χ2n) is 12.9. The van der Waals surface area contributed by atoms with Crippen LogP contribution in [0, 0.1) is 0 Å². The maximum absolute atomic E-state index is 6.59. The largest absolute Gasteiger partial charge is 0.461 e. The van der Waals surface area contributed by atoms with Crippen molar-refractivity contribution in [3.8, 4) is 6.01 Å². The van der Waals surface area contributed by atoms with E-state index in [0.717, 1.165) is 63.4 Å². The molecule has 0 amide bonds. The molecule has 0 N–H and O–H groups in total. The van der Waals surface area contributed by atoms with Crippen LogP contribution in [0.5, 0.6) is 6.01 Å². The van der Waals surface area contributed by atoms with Crippen LogP contribution >= 0.6 is 0 Å². The first-order chi connectivity index (χ1) is 21.2. The van der Waals surface area contributed by atoms with Gasteiger partial charge in [0.2, 0.25) is 0 Å². The first-order valence-electron chi connectivity index (χ1n) is 16.3. The van der Waals surface area contributed by atoms with E-state index in [9.17, 15) is 0 Å². The number of nitrogens with zero attached hydrogens (tertiary/aromatic N) is 8. The number of hydrogen-bond acceptors (Lipinski definition) is 8. The van der Waals surface area contributed by atoms with Crippen molar-refractivity contribution in [3.63, 3.8) is 0 Å². The molecule has 8 rings (SSSR count). The van der Waals surface area contributed by atoms with Crippen LogP contribution in [0.25, 0.3) is 10.8 Å². The lowest BCUT2D eigenvalue weighted by Gasteiger charge is -2.37. The van der Waals surface area contributed by atoms with Gasteiger partial charge in [-0.2, -0.15) is 9.97 Å². The Bertz CT molecular complexity index is 1580. The minimum atomic E-state index is 0.168. The summed E-state index contributed by atoms with van der Waals surface area (Å²) in [4.78, 5) is 18.0. The van der Waals surface area contributed by atoms with E-state index in [0.29, 0.717) is 18.7 Å². The fraction of sp³-hybridized carbons (Fsp3) is 0.529. The van der Waals surface area contributed by atoms with Crippen molar-refractivity contribution in [1.82, 2.24) is 29.9 Å². The van der Waals surface area contributed by atoms with E-state index in [1.54, 1.807) is 6.20 Å². The summed E-state index contributed by atoms with van der Waals surface area (Å²) in [6.45, 7) is 8.93. The van der Waals surface area contributed by atoms with Gasteiger partial charge in [-0.15, -0.1) is 5.10 Å². The molecule has 9 nitrogen and oxygen atoms in total. The zero-order valence-electron chi connectivity index (χ0n) is 25.3. The molecule has 4 aliphatic heterocycles. The van der Waals surface area contributed by atoms with E-state index in [2.05, 4.69) is 68.3 Å². The van der Waals surface area contributed by atoms with E-state index in [1.165, 1.54) is 66.4 Å². The highest BCUT2D eigenvalue weighted by atomic mass is 16.5. The van der Waals surface area contributed by atoms with Gasteiger partial charge >= 0.3 is 6.01 Å². The third-order valence-electron chi connectivity index (χ3n) is 10.6. The Hall–Kier alpha value is -3.72. The molecule has 4 aliphatic rings. The number of aryl methyl sites for hydroxylation is 1. The lowest BCUT2D eigenvalue weighted by molar-refractivity contribution is 0.107. The van der Waals surface area contributed by atoms with E-state index in [1.807, 2.05) is 10.9 Å². The number of hydrogen-bond donors (Lipinski definition) is 0. The fourth-order valence-corrected chi connectivity index (χ4v) is 8.29. The topological polar surface area (TPSA) is 75.4 Å². The van der Waals surface area contributed by atoms with E-state index >= 15 is 0 Å². The van der Waals surface area contributed by atoms with Crippen molar-refractivity contribution in [2.45, 2.75) is 76.4 Å². The summed E-state index contributed by atoms with van der Waals surface area (Å²) in [6, 6.07) is 14.3. The highest BCUT2D eigenvalue weighted by Crippen LogP contribution is 2.40. The predicted molar refractivity (Wildman–Crippen MR) is 169 cm³/mol. The molecule has 3 saturated heterocycles. The average Bonchev–Trinajstić information content (AvgIpc) is 3.81. The lowest BCUT2D eigenvalue weighted by Crippen LogP contribution is -2.43. The monoisotopic (exact) mass is 578 g/mol. The molecule has 2 aromatic carbocycles. The molecule has 0 atom stereocenters. The molecule has 0 bridgehead atoms. The van der Waals surface area contributed by atoms with Crippen LogP contribution in [-0.2, 0) is 19.4 Å². The van der Waals surface area contributed by atoms with Crippen LogP contribution in [0.4, 0.5) is 11.5 Å². The summed E-state index contributed by atoms with van der Waals surface area (Å²) < 4.78 is 8.60. The molecule has 0 aliphatic carbocycles. The van der Waals surface area contributed by atoms with Crippen LogP contribution in [0.3, 0.4) is 0 Å². The quantitative estimate of drug-likeness (QED) is 0.297. The van der Waals surface area contributed by atoms with Gasteiger partial charge in [0.05, 0.1) is 30.0 Å². The van der Waals surface area contributed by atoms with E-state index in [-0.39, 0.29) is 5.54 Å². The Balaban J connectivity index is 1.11. The van der Waals surface area contributed by atoms with Crippen LogP contribution in [-0.4, -0.2) is 74.7 Å². The number of rotatable bonds is 7. The van der Waals surface area contributed by atoms with Gasteiger partial charge in [0.15, 0.2) is 0 Å². The SMILES string of the molecule is CCc1cccc2cccc(N3CCc4c(nc(OCC56CCCN5CCC6)nc4N4CCC(n5ccnn5)CC4)C3)c12. The lowest BCUT2D eigenvalue weighted by atomic mass is 9.95. The molecular weight excluding hydrogens is 536 g/mol. The number of piperidine rings is 1. The Morgan fingerprint density at radius 3 is 2.51 bits per heavy atom. The second-order valence-corrected chi connectivity index (χ2v) is 12.9. The molecule has 4 aromatic rings. The minimum Gasteiger partial charge on any atom is -0.461 e. The van der Waals surface area contributed by atoms with E-state index in [4.69, 9.17) is 14.7 Å². The number of benzene rings is 2. The standard InChI is InChI=1S/C34H42N8O/c1-2-25-7-3-8-26-9-4-10-30(31(25)26)40-21-13-28-29(23-40)36-33(43-24-34-14-5-17-41(34)18-6-15-34)37-32(28)39-19-11-27(12-20-39)42-22-16-35-38-42/h3-4,7-10,16,22,27H,2,5-6,11-15,17-21,23-24H2,1H3. The van der Waals surface area contributed by atoms with Gasteiger partial charge < -0.3 is 14.5 Å². The molecule has 0 unspecified atom stereocenters. The van der Waals surface area contributed by atoms with Crippen LogP contribution in [0.2, 0.25) is 0 Å². The van der Waals surface area contributed by atoms with Crippen molar-refractivity contribution < 1.29 is 4.74 Å². The Morgan fingerprint density at radius 2 is 1.74 bits per heavy atom. The van der Waals surface area contributed by atoms with Gasteiger partial charge in [-0.3, -0.25) is 4.90 Å². The van der Waals surface area contributed by atoms with Crippen molar-refractivity contribution in [2.24, 2.45) is 0 Å². The molecular formula is C34H42N8O. The summed E-state index contributed by atoms with van der Waals surface area (Å²) in [5.41, 5.74) is 5.28. The molecule has 0 saturated carbocycles. The van der Waals surface area contributed by atoms with Crippen LogP contribution in [0.15, 0.2) is 48.8 Å². The van der Waals surface area contributed by atoms with Gasteiger partial charge in [-0.25, -0.2) is 4.68 Å². The van der Waals surface area contributed by atoms with Crippen molar-refractivity contribution in [2.75, 3.05) is 49.1 Å². The van der Waals surface area contributed by atoms with Crippen LogP contribution < -0.4 is 14.5 Å². The molecule has 0 radical (unpaired) electrons. The Kier molecular flexibility index (Phi) is 6.93. The third kappa shape index (κ3) is 4.82. The van der Waals surface area contributed by atoms with Gasteiger partial charge in [-0.05, 0) is 81.5 Å². The number of ether oxygens (including phenoxy) is 1. The molecule has 6 heterocycles. The second kappa shape index (κ2) is 11.1. The molecule has 2 aromatic heterocycles. The Labute approximate surface area is 253 Å². The first-order valence-corrected chi connectivity index (χ1v) is 16.3. The Morgan fingerprint density at radius 1 is 0.930 bits per heavy atom. The van der Waals surface area contributed by atoms with E-state index < -0.39 is 0 Å². The smallest absolute Gasteiger partial charge is 0.318 e. The molecule has 3 fully saturated rings. The molecule has 43 heavy (non-hydrogen) atoms. The van der Waals surface area contributed by atoms with Crippen molar-refractivity contribution in [3.05, 3.63) is 65.6 Å². The minimum absolute atomic E-state index is 0.168. The third-order valence-corrected chi connectivity index (χ3v) is 10.6. The molecule has 224 valence electrons. The normalized spacial score (nSPS) is 20.5. The highest BCUT2D eigenvalue weighted by molar-refractivity contribution is 5.97. The van der Waals surface area contributed by atoms with Gasteiger partial charge in [0.25, 0.3) is 0 Å². The van der Waals surface area contributed by atoms with Crippen molar-refractivity contribution in [1.29, 1.82) is 0 Å². The number of fused-ring (bicyclic) bond motifs is 3.